The maximum Gasteiger partial charge on any atom is 0.147 e. The Morgan fingerprint density at radius 3 is 2.71 bits per heavy atom. The average Bonchev–Trinajstić information content (AvgIpc) is 2.54. The molecule has 0 saturated carbocycles. The van der Waals surface area contributed by atoms with Gasteiger partial charge in [-0.2, -0.15) is 5.26 Å². The van der Waals surface area contributed by atoms with Crippen LogP contribution in [0.5, 0.6) is 5.75 Å². The molecule has 0 radical (unpaired) electrons. The number of pyridine rings is 1. The van der Waals surface area contributed by atoms with E-state index in [1.54, 1.807) is 12.3 Å². The lowest BCUT2D eigenvalue weighted by Crippen LogP contribution is -2.17. The van der Waals surface area contributed by atoms with Crippen LogP contribution in [-0.4, -0.2) is 11.5 Å². The predicted octanol–water partition coefficient (Wildman–Crippen LogP) is 3.20. The van der Waals surface area contributed by atoms with Gasteiger partial charge in [0.05, 0.1) is 0 Å². The number of nitrogens with one attached hydrogen (secondary N) is 1. The van der Waals surface area contributed by atoms with Gasteiger partial charge in [0.15, 0.2) is 0 Å². The van der Waals surface area contributed by atoms with Crippen LogP contribution in [0.3, 0.4) is 0 Å². The Labute approximate surface area is 125 Å². The maximum atomic E-state index is 8.99. The molecule has 1 atom stereocenters. The van der Waals surface area contributed by atoms with Crippen LogP contribution in [0.15, 0.2) is 42.6 Å². The Morgan fingerprint density at radius 2 is 2.05 bits per heavy atom. The first-order valence-corrected chi connectivity index (χ1v) is 7.04. The number of hydrogen-bond acceptors (Lipinski definition) is 4. The molecular formula is C17H19N3O. The molecule has 1 heterocycles. The van der Waals surface area contributed by atoms with Gasteiger partial charge in [-0.3, -0.25) is 0 Å². The van der Waals surface area contributed by atoms with Crippen LogP contribution in [0, 0.1) is 11.3 Å². The Morgan fingerprint density at radius 1 is 1.29 bits per heavy atom. The van der Waals surface area contributed by atoms with Gasteiger partial charge in [0.1, 0.15) is 24.1 Å². The van der Waals surface area contributed by atoms with Gasteiger partial charge in [-0.1, -0.05) is 25.1 Å². The molecule has 1 N–H and O–H groups in total. The minimum absolute atomic E-state index is 0.326. The van der Waals surface area contributed by atoms with Crippen LogP contribution in [0.4, 0.5) is 0 Å². The summed E-state index contributed by atoms with van der Waals surface area (Å²) in [7, 11) is 0. The fourth-order valence-electron chi connectivity index (χ4n) is 2.09. The molecule has 4 nitrogen and oxygen atoms in total. The van der Waals surface area contributed by atoms with Crippen LogP contribution >= 0.6 is 0 Å². The summed E-state index contributed by atoms with van der Waals surface area (Å²) in [5.74, 6) is 0.787. The van der Waals surface area contributed by atoms with E-state index in [1.807, 2.05) is 18.2 Å². The lowest BCUT2D eigenvalue weighted by Gasteiger charge is -2.13. The highest BCUT2D eigenvalue weighted by Crippen LogP contribution is 2.18. The smallest absolute Gasteiger partial charge is 0.147 e. The lowest BCUT2D eigenvalue weighted by molar-refractivity contribution is 0.305. The summed E-state index contributed by atoms with van der Waals surface area (Å²) < 4.78 is 5.72. The zero-order chi connectivity index (χ0) is 15.1. The molecule has 0 spiro atoms. The van der Waals surface area contributed by atoms with Crippen molar-refractivity contribution in [3.8, 4) is 11.8 Å². The first-order valence-electron chi connectivity index (χ1n) is 7.04. The quantitative estimate of drug-likeness (QED) is 0.883. The van der Waals surface area contributed by atoms with E-state index in [1.165, 1.54) is 5.56 Å². The van der Waals surface area contributed by atoms with E-state index in [-0.39, 0.29) is 0 Å². The standard InChI is InChI=1S/C17H19N3O/c1-3-19-13(2)14-6-8-16(9-7-14)21-12-15-5-4-10-20-17(15)11-18/h4-10,13,19H,3,12H2,1-2H3. The van der Waals surface area contributed by atoms with E-state index < -0.39 is 0 Å². The van der Waals surface area contributed by atoms with Crippen LogP contribution in [0.2, 0.25) is 0 Å². The molecule has 2 rings (SSSR count). The number of ether oxygens (including phenoxy) is 1. The van der Waals surface area contributed by atoms with Crippen LogP contribution < -0.4 is 10.1 Å². The minimum Gasteiger partial charge on any atom is -0.489 e. The Hall–Kier alpha value is -2.38. The zero-order valence-electron chi connectivity index (χ0n) is 12.3. The number of hydrogen-bond donors (Lipinski definition) is 1. The molecule has 108 valence electrons. The van der Waals surface area contributed by atoms with E-state index >= 15 is 0 Å². The third kappa shape index (κ3) is 4.04. The largest absolute Gasteiger partial charge is 0.489 e. The van der Waals surface area contributed by atoms with Gasteiger partial charge in [-0.05, 0) is 37.2 Å². The van der Waals surface area contributed by atoms with Gasteiger partial charge in [0.2, 0.25) is 0 Å². The molecule has 0 aliphatic carbocycles. The molecule has 1 aromatic carbocycles. The number of benzene rings is 1. The van der Waals surface area contributed by atoms with E-state index in [0.717, 1.165) is 17.9 Å². The number of rotatable bonds is 6. The third-order valence-corrected chi connectivity index (χ3v) is 3.28. The van der Waals surface area contributed by atoms with Crippen molar-refractivity contribution >= 4 is 0 Å². The molecule has 0 aliphatic rings. The normalized spacial score (nSPS) is 11.7. The molecule has 0 saturated heterocycles. The van der Waals surface area contributed by atoms with Gasteiger partial charge in [0, 0.05) is 17.8 Å². The van der Waals surface area contributed by atoms with Crippen molar-refractivity contribution in [2.24, 2.45) is 0 Å². The van der Waals surface area contributed by atoms with Gasteiger partial charge in [0.25, 0.3) is 0 Å². The molecule has 1 unspecified atom stereocenters. The van der Waals surface area contributed by atoms with Gasteiger partial charge < -0.3 is 10.1 Å². The molecule has 0 aliphatic heterocycles. The van der Waals surface area contributed by atoms with Crippen molar-refractivity contribution in [1.82, 2.24) is 10.3 Å². The molecule has 0 amide bonds. The second kappa shape index (κ2) is 7.41. The van der Waals surface area contributed by atoms with E-state index in [2.05, 4.69) is 42.4 Å². The van der Waals surface area contributed by atoms with Crippen LogP contribution in [-0.2, 0) is 6.61 Å². The van der Waals surface area contributed by atoms with Crippen LogP contribution in [0.1, 0.15) is 36.7 Å². The molecule has 2 aromatic rings. The second-order valence-electron chi connectivity index (χ2n) is 4.76. The molecule has 21 heavy (non-hydrogen) atoms. The molecule has 4 heteroatoms. The highest BCUT2D eigenvalue weighted by atomic mass is 16.5. The topological polar surface area (TPSA) is 57.9 Å². The van der Waals surface area contributed by atoms with E-state index in [0.29, 0.717) is 18.3 Å². The first kappa shape index (κ1) is 15.0. The SMILES string of the molecule is CCNC(C)c1ccc(OCc2cccnc2C#N)cc1. The van der Waals surface area contributed by atoms with Crippen LogP contribution in [0.25, 0.3) is 0 Å². The number of aromatic nitrogens is 1. The molecule has 0 fully saturated rings. The van der Waals surface area contributed by atoms with E-state index in [9.17, 15) is 0 Å². The lowest BCUT2D eigenvalue weighted by atomic mass is 10.1. The minimum atomic E-state index is 0.326. The summed E-state index contributed by atoms with van der Waals surface area (Å²) in [6.07, 6.45) is 1.61. The van der Waals surface area contributed by atoms with Crippen molar-refractivity contribution in [2.45, 2.75) is 26.5 Å². The number of nitriles is 1. The number of nitrogens with zero attached hydrogens (tertiary/aromatic N) is 2. The summed E-state index contributed by atoms with van der Waals surface area (Å²) in [5.41, 5.74) is 2.43. The van der Waals surface area contributed by atoms with Crippen molar-refractivity contribution < 1.29 is 4.74 Å². The summed E-state index contributed by atoms with van der Waals surface area (Å²) in [5, 5.41) is 12.4. The van der Waals surface area contributed by atoms with Gasteiger partial charge in [-0.25, -0.2) is 4.98 Å². The zero-order valence-corrected chi connectivity index (χ0v) is 12.3. The Bertz CT molecular complexity index is 617. The Kier molecular flexibility index (Phi) is 5.30. The summed E-state index contributed by atoms with van der Waals surface area (Å²) in [6.45, 7) is 5.51. The fraction of sp³-hybridized carbons (Fsp3) is 0.294. The average molecular weight is 281 g/mol. The molecular weight excluding hydrogens is 262 g/mol. The highest BCUT2D eigenvalue weighted by molar-refractivity contribution is 5.32. The summed E-state index contributed by atoms with van der Waals surface area (Å²) in [4.78, 5) is 4.02. The Balaban J connectivity index is 1.99. The van der Waals surface area contributed by atoms with E-state index in [4.69, 9.17) is 10.00 Å². The van der Waals surface area contributed by atoms with Crippen molar-refractivity contribution in [3.63, 3.8) is 0 Å². The van der Waals surface area contributed by atoms with Crippen molar-refractivity contribution in [2.75, 3.05) is 6.54 Å². The molecule has 1 aromatic heterocycles. The van der Waals surface area contributed by atoms with Gasteiger partial charge >= 0.3 is 0 Å². The molecule has 0 bridgehead atoms. The maximum absolute atomic E-state index is 8.99. The summed E-state index contributed by atoms with van der Waals surface area (Å²) in [6, 6.07) is 14.1. The monoisotopic (exact) mass is 281 g/mol. The summed E-state index contributed by atoms with van der Waals surface area (Å²) >= 11 is 0. The van der Waals surface area contributed by atoms with Gasteiger partial charge in [-0.15, -0.1) is 0 Å². The second-order valence-corrected chi connectivity index (χ2v) is 4.76. The van der Waals surface area contributed by atoms with Crippen molar-refractivity contribution in [1.29, 1.82) is 5.26 Å². The first-order chi connectivity index (χ1) is 10.2. The van der Waals surface area contributed by atoms with Crippen molar-refractivity contribution in [3.05, 3.63) is 59.4 Å². The highest BCUT2D eigenvalue weighted by Gasteiger charge is 2.05. The fourth-order valence-corrected chi connectivity index (χ4v) is 2.09. The predicted molar refractivity (Wildman–Crippen MR) is 81.8 cm³/mol. The third-order valence-electron chi connectivity index (χ3n) is 3.28.